The van der Waals surface area contributed by atoms with Gasteiger partial charge >= 0.3 is 12.0 Å². The van der Waals surface area contributed by atoms with E-state index in [2.05, 4.69) is 10.1 Å². The van der Waals surface area contributed by atoms with Crippen molar-refractivity contribution in [3.05, 3.63) is 16.3 Å². The molecule has 1 aromatic rings. The van der Waals surface area contributed by atoms with Crippen LogP contribution in [0.3, 0.4) is 0 Å². The van der Waals surface area contributed by atoms with Crippen LogP contribution >= 0.6 is 11.3 Å². The van der Waals surface area contributed by atoms with E-state index in [4.69, 9.17) is 0 Å². The highest BCUT2D eigenvalue weighted by atomic mass is 32.1. The first kappa shape index (κ1) is 13.7. The molecule has 0 atom stereocenters. The minimum Gasteiger partial charge on any atom is -0.465 e. The van der Waals surface area contributed by atoms with E-state index in [1.165, 1.54) is 13.2 Å². The third-order valence-corrected chi connectivity index (χ3v) is 4.82. The number of nitrogens with one attached hydrogen (secondary N) is 1. The predicted octanol–water partition coefficient (Wildman–Crippen LogP) is 1.29. The Bertz CT molecular complexity index is 661. The number of carbonyl (C=O) groups excluding carboxylic acids is 4. The van der Waals surface area contributed by atoms with Crippen molar-refractivity contribution < 1.29 is 23.9 Å². The highest BCUT2D eigenvalue weighted by Gasteiger charge is 2.58. The fourth-order valence-corrected chi connectivity index (χ4v) is 3.38. The van der Waals surface area contributed by atoms with Crippen molar-refractivity contribution in [3.8, 4) is 0 Å². The summed E-state index contributed by atoms with van der Waals surface area (Å²) in [6.07, 6.45) is 1.59. The van der Waals surface area contributed by atoms with Crippen molar-refractivity contribution in [1.82, 2.24) is 5.32 Å². The van der Waals surface area contributed by atoms with Crippen LogP contribution < -0.4 is 10.2 Å². The molecule has 0 unspecified atom stereocenters. The van der Waals surface area contributed by atoms with Gasteiger partial charge < -0.3 is 4.74 Å². The van der Waals surface area contributed by atoms with E-state index >= 15 is 0 Å². The van der Waals surface area contributed by atoms with Gasteiger partial charge in [-0.2, -0.15) is 0 Å². The fourth-order valence-electron chi connectivity index (χ4n) is 2.59. The molecule has 1 aliphatic carbocycles. The van der Waals surface area contributed by atoms with E-state index in [1.807, 2.05) is 0 Å². The van der Waals surface area contributed by atoms with Crippen LogP contribution in [0.4, 0.5) is 10.5 Å². The Morgan fingerprint density at radius 3 is 2.67 bits per heavy atom. The van der Waals surface area contributed by atoms with E-state index in [0.29, 0.717) is 12.8 Å². The minimum absolute atomic E-state index is 0.157. The topological polar surface area (TPSA) is 92.8 Å². The molecule has 2 aliphatic rings. The Kier molecular flexibility index (Phi) is 3.05. The van der Waals surface area contributed by atoms with Gasteiger partial charge in [-0.25, -0.2) is 14.5 Å². The van der Waals surface area contributed by atoms with Gasteiger partial charge in [-0.05, 0) is 24.3 Å². The van der Waals surface area contributed by atoms with E-state index in [-0.39, 0.29) is 10.6 Å². The van der Waals surface area contributed by atoms with Gasteiger partial charge in [0.2, 0.25) is 5.91 Å². The summed E-state index contributed by atoms with van der Waals surface area (Å²) in [6, 6.07) is 0.669. The van der Waals surface area contributed by atoms with Crippen LogP contribution in [0.25, 0.3) is 0 Å². The van der Waals surface area contributed by atoms with E-state index in [1.54, 1.807) is 5.38 Å². The number of amides is 4. The van der Waals surface area contributed by atoms with Crippen molar-refractivity contribution in [1.29, 1.82) is 0 Å². The number of thiophene rings is 1. The molecule has 0 radical (unpaired) electrons. The normalized spacial score (nSPS) is 20.2. The van der Waals surface area contributed by atoms with E-state index in [9.17, 15) is 19.2 Å². The summed E-state index contributed by atoms with van der Waals surface area (Å²) in [5, 5.41) is 3.79. The van der Waals surface area contributed by atoms with Gasteiger partial charge in [-0.1, -0.05) is 6.42 Å². The highest BCUT2D eigenvalue weighted by Crippen LogP contribution is 2.46. The first-order valence-electron chi connectivity index (χ1n) is 6.37. The Morgan fingerprint density at radius 1 is 1.38 bits per heavy atom. The zero-order valence-electron chi connectivity index (χ0n) is 11.2. The summed E-state index contributed by atoms with van der Waals surface area (Å²) in [4.78, 5) is 49.3. The minimum atomic E-state index is -1.16. The lowest BCUT2D eigenvalue weighted by Crippen LogP contribution is -2.66. The van der Waals surface area contributed by atoms with Gasteiger partial charge in [0.15, 0.2) is 0 Å². The van der Waals surface area contributed by atoms with Crippen LogP contribution in [-0.2, 0) is 14.3 Å². The second-order valence-electron chi connectivity index (χ2n) is 4.96. The molecular formula is C13H12N2O5S. The molecule has 1 aromatic heterocycles. The molecule has 1 aliphatic heterocycles. The third-order valence-electron chi connectivity index (χ3n) is 3.93. The van der Waals surface area contributed by atoms with Gasteiger partial charge in [0, 0.05) is 0 Å². The lowest BCUT2D eigenvalue weighted by atomic mass is 9.66. The highest BCUT2D eigenvalue weighted by molar-refractivity contribution is 7.12. The van der Waals surface area contributed by atoms with Crippen molar-refractivity contribution in [2.75, 3.05) is 12.0 Å². The van der Waals surface area contributed by atoms with Crippen molar-refractivity contribution in [2.24, 2.45) is 5.41 Å². The monoisotopic (exact) mass is 308 g/mol. The number of hydrogen-bond acceptors (Lipinski definition) is 6. The maximum Gasteiger partial charge on any atom is 0.350 e. The first-order chi connectivity index (χ1) is 10.0. The lowest BCUT2D eigenvalue weighted by molar-refractivity contribution is -0.148. The molecule has 1 N–H and O–H groups in total. The zero-order chi connectivity index (χ0) is 15.2. The molecule has 3 rings (SSSR count). The van der Waals surface area contributed by atoms with Gasteiger partial charge in [0.05, 0.1) is 12.8 Å². The Balaban J connectivity index is 2.03. The molecule has 110 valence electrons. The van der Waals surface area contributed by atoms with Crippen LogP contribution in [0, 0.1) is 5.41 Å². The molecule has 0 aromatic carbocycles. The number of ether oxygens (including phenoxy) is 1. The number of anilines is 1. The Labute approximate surface area is 123 Å². The van der Waals surface area contributed by atoms with E-state index in [0.717, 1.165) is 22.7 Å². The molecule has 21 heavy (non-hydrogen) atoms. The summed E-state index contributed by atoms with van der Waals surface area (Å²) in [5.41, 5.74) is -1.00. The summed E-state index contributed by atoms with van der Waals surface area (Å²) in [7, 11) is 1.22. The zero-order valence-corrected chi connectivity index (χ0v) is 12.0. The van der Waals surface area contributed by atoms with Gasteiger partial charge in [-0.3, -0.25) is 14.9 Å². The quantitative estimate of drug-likeness (QED) is 0.656. The van der Waals surface area contributed by atoms with Gasteiger partial charge in [0.1, 0.15) is 10.3 Å². The average molecular weight is 308 g/mol. The number of esters is 1. The molecule has 8 heteroatoms. The largest absolute Gasteiger partial charge is 0.465 e. The number of rotatable bonds is 2. The second kappa shape index (κ2) is 4.66. The molecule has 2 fully saturated rings. The Hall–Kier alpha value is -2.22. The van der Waals surface area contributed by atoms with Crippen LogP contribution in [0.1, 0.15) is 28.9 Å². The molecule has 1 saturated carbocycles. The van der Waals surface area contributed by atoms with Crippen molar-refractivity contribution in [3.63, 3.8) is 0 Å². The number of hydrogen-bond donors (Lipinski definition) is 1. The Morgan fingerprint density at radius 2 is 2.10 bits per heavy atom. The average Bonchev–Trinajstić information content (AvgIpc) is 2.84. The van der Waals surface area contributed by atoms with Crippen LogP contribution in [0.15, 0.2) is 11.4 Å². The number of imide groups is 2. The fraction of sp³-hybridized carbons (Fsp3) is 0.385. The molecule has 1 spiro atoms. The van der Waals surface area contributed by atoms with E-state index < -0.39 is 29.2 Å². The maximum absolute atomic E-state index is 12.6. The number of nitrogens with zero attached hydrogens (tertiary/aromatic N) is 1. The lowest BCUT2D eigenvalue weighted by Gasteiger charge is -2.44. The number of barbiturate groups is 1. The molecule has 0 bridgehead atoms. The second-order valence-corrected chi connectivity index (χ2v) is 5.88. The van der Waals surface area contributed by atoms with Gasteiger partial charge in [0.25, 0.3) is 5.91 Å². The molecule has 4 amide bonds. The number of methoxy groups -OCH3 is 1. The molecular weight excluding hydrogens is 296 g/mol. The maximum atomic E-state index is 12.6. The molecule has 2 heterocycles. The van der Waals surface area contributed by atoms with Crippen LogP contribution in [0.2, 0.25) is 0 Å². The number of urea groups is 1. The summed E-state index contributed by atoms with van der Waals surface area (Å²) in [6.45, 7) is 0. The van der Waals surface area contributed by atoms with Gasteiger partial charge in [-0.15, -0.1) is 11.3 Å². The van der Waals surface area contributed by atoms with Crippen molar-refractivity contribution >= 4 is 40.8 Å². The smallest absolute Gasteiger partial charge is 0.350 e. The third kappa shape index (κ3) is 1.79. The summed E-state index contributed by atoms with van der Waals surface area (Å²) < 4.78 is 4.64. The number of carbonyl (C=O) groups is 4. The van der Waals surface area contributed by atoms with Crippen LogP contribution in [-0.4, -0.2) is 30.9 Å². The van der Waals surface area contributed by atoms with Crippen LogP contribution in [0.5, 0.6) is 0 Å². The van der Waals surface area contributed by atoms with Crippen molar-refractivity contribution in [2.45, 2.75) is 19.3 Å². The first-order valence-corrected chi connectivity index (χ1v) is 7.25. The molecule has 1 saturated heterocycles. The summed E-state index contributed by atoms with van der Waals surface area (Å²) >= 11 is 1.07. The SMILES string of the molecule is COC(=O)c1sccc1N1C(=O)NC(=O)C2(CCC2)C1=O. The summed E-state index contributed by atoms with van der Waals surface area (Å²) in [5.74, 6) is -1.74. The molecule has 7 nitrogen and oxygen atoms in total. The predicted molar refractivity (Wildman–Crippen MR) is 73.0 cm³/mol. The standard InChI is InChI=1S/C13H12N2O5S/c1-20-9(16)8-7(3-6-21-8)15-11(18)13(4-2-5-13)10(17)14-12(15)19/h3,6H,2,4-5H2,1H3,(H,14,17,19).